The average molecular weight is 340 g/mol. The molecule has 0 saturated carbocycles. The monoisotopic (exact) mass is 339 g/mol. The van der Waals surface area contributed by atoms with Gasteiger partial charge in [-0.25, -0.2) is 0 Å². The van der Waals surface area contributed by atoms with Crippen molar-refractivity contribution in [1.29, 1.82) is 0 Å². The zero-order valence-corrected chi connectivity index (χ0v) is 12.6. The number of benzene rings is 1. The Balaban J connectivity index is 1.95. The maximum Gasteiger partial charge on any atom is 0.232 e. The highest BCUT2D eigenvalue weighted by molar-refractivity contribution is 9.10. The summed E-state index contributed by atoms with van der Waals surface area (Å²) in [6.45, 7) is 0.921. The van der Waals surface area contributed by atoms with Gasteiger partial charge in [0.05, 0.1) is 12.1 Å². The molecule has 2 fully saturated rings. The number of hydrogen-bond acceptors (Lipinski definition) is 3. The van der Waals surface area contributed by atoms with E-state index in [0.717, 1.165) is 29.5 Å². The van der Waals surface area contributed by atoms with Gasteiger partial charge in [-0.1, -0.05) is 15.9 Å². The van der Waals surface area contributed by atoms with Crippen LogP contribution in [0.2, 0.25) is 0 Å². The van der Waals surface area contributed by atoms with Gasteiger partial charge in [-0.3, -0.25) is 10.1 Å². The van der Waals surface area contributed by atoms with Crippen LogP contribution in [0.4, 0.5) is 5.69 Å². The molecule has 2 aliphatic rings. The normalized spacial score (nSPS) is 26.9. The summed E-state index contributed by atoms with van der Waals surface area (Å²) in [7, 11) is 0. The standard InChI is InChI=1S/C13H14BrN3OS/c14-8-3-5-9(6-4-8)17-11-10(2-1-7-15-11)12(18)16-13(17)19/h3-6,10-11,15H,1-2,7H2,(H,16,18,19). The third-order valence-electron chi connectivity index (χ3n) is 3.60. The van der Waals surface area contributed by atoms with Crippen molar-refractivity contribution in [2.75, 3.05) is 11.4 Å². The van der Waals surface area contributed by atoms with E-state index in [9.17, 15) is 4.79 Å². The molecule has 0 radical (unpaired) electrons. The van der Waals surface area contributed by atoms with E-state index in [0.29, 0.717) is 5.11 Å². The van der Waals surface area contributed by atoms with Crippen LogP contribution in [0.5, 0.6) is 0 Å². The zero-order valence-electron chi connectivity index (χ0n) is 10.2. The largest absolute Gasteiger partial charge is 0.302 e. The minimum absolute atomic E-state index is 0.0313. The lowest BCUT2D eigenvalue weighted by Gasteiger charge is -2.44. The Morgan fingerprint density at radius 1 is 1.32 bits per heavy atom. The van der Waals surface area contributed by atoms with Crippen LogP contribution in [0.25, 0.3) is 0 Å². The molecule has 2 atom stereocenters. The number of rotatable bonds is 1. The molecule has 1 aromatic carbocycles. The van der Waals surface area contributed by atoms with E-state index in [2.05, 4.69) is 26.6 Å². The van der Waals surface area contributed by atoms with Crippen molar-refractivity contribution in [2.24, 2.45) is 5.92 Å². The second-order valence-electron chi connectivity index (χ2n) is 4.79. The molecule has 2 aliphatic heterocycles. The fraction of sp³-hybridized carbons (Fsp3) is 0.385. The van der Waals surface area contributed by atoms with Crippen LogP contribution >= 0.6 is 28.1 Å². The topological polar surface area (TPSA) is 44.4 Å². The fourth-order valence-electron chi connectivity index (χ4n) is 2.68. The number of carbonyl (C=O) groups is 1. The van der Waals surface area contributed by atoms with Gasteiger partial charge in [0.1, 0.15) is 0 Å². The van der Waals surface area contributed by atoms with E-state index < -0.39 is 0 Å². The van der Waals surface area contributed by atoms with Crippen molar-refractivity contribution in [3.63, 3.8) is 0 Å². The van der Waals surface area contributed by atoms with Crippen molar-refractivity contribution < 1.29 is 4.79 Å². The Labute approximate surface area is 125 Å². The summed E-state index contributed by atoms with van der Waals surface area (Å²) in [4.78, 5) is 14.0. The Kier molecular flexibility index (Phi) is 3.56. The first kappa shape index (κ1) is 13.0. The first-order chi connectivity index (χ1) is 9.16. The number of halogens is 1. The molecular formula is C13H14BrN3OS. The van der Waals surface area contributed by atoms with Gasteiger partial charge in [-0.15, -0.1) is 0 Å². The predicted molar refractivity (Wildman–Crippen MR) is 81.9 cm³/mol. The first-order valence-corrected chi connectivity index (χ1v) is 7.50. The number of thiocarbonyl (C=S) groups is 1. The fourth-order valence-corrected chi connectivity index (χ4v) is 3.27. The number of hydrogen-bond donors (Lipinski definition) is 2. The van der Waals surface area contributed by atoms with Crippen LogP contribution in [0.1, 0.15) is 12.8 Å². The van der Waals surface area contributed by atoms with Crippen LogP contribution < -0.4 is 15.5 Å². The van der Waals surface area contributed by atoms with Gasteiger partial charge in [-0.2, -0.15) is 0 Å². The highest BCUT2D eigenvalue weighted by Crippen LogP contribution is 2.29. The Bertz CT molecular complexity index is 519. The average Bonchev–Trinajstić information content (AvgIpc) is 2.41. The van der Waals surface area contributed by atoms with E-state index >= 15 is 0 Å². The number of nitrogens with zero attached hydrogens (tertiary/aromatic N) is 1. The van der Waals surface area contributed by atoms with E-state index in [1.54, 1.807) is 0 Å². The lowest BCUT2D eigenvalue weighted by molar-refractivity contribution is -0.125. The number of fused-ring (bicyclic) bond motifs is 1. The van der Waals surface area contributed by atoms with E-state index in [4.69, 9.17) is 12.2 Å². The third kappa shape index (κ3) is 2.40. The van der Waals surface area contributed by atoms with Gasteiger partial charge in [0.15, 0.2) is 5.11 Å². The number of amides is 1. The molecule has 19 heavy (non-hydrogen) atoms. The summed E-state index contributed by atoms with van der Waals surface area (Å²) in [5.74, 6) is -0.000316. The molecule has 2 saturated heterocycles. The second-order valence-corrected chi connectivity index (χ2v) is 6.09. The zero-order chi connectivity index (χ0) is 13.4. The summed E-state index contributed by atoms with van der Waals surface area (Å²) in [6, 6.07) is 7.96. The summed E-state index contributed by atoms with van der Waals surface area (Å²) in [6.07, 6.45) is 1.89. The molecular weight excluding hydrogens is 326 g/mol. The molecule has 0 aliphatic carbocycles. The molecule has 6 heteroatoms. The summed E-state index contributed by atoms with van der Waals surface area (Å²) in [5.41, 5.74) is 0.998. The molecule has 1 amide bonds. The molecule has 100 valence electrons. The predicted octanol–water partition coefficient (Wildman–Crippen LogP) is 2.00. The highest BCUT2D eigenvalue weighted by Gasteiger charge is 2.41. The molecule has 0 aromatic heterocycles. The van der Waals surface area contributed by atoms with Gasteiger partial charge in [0.25, 0.3) is 0 Å². The molecule has 4 nitrogen and oxygen atoms in total. The van der Waals surface area contributed by atoms with Crippen LogP contribution in [0, 0.1) is 5.92 Å². The van der Waals surface area contributed by atoms with E-state index in [1.807, 2.05) is 29.2 Å². The first-order valence-electron chi connectivity index (χ1n) is 6.30. The maximum absolute atomic E-state index is 12.0. The number of piperidine rings is 1. The number of nitrogens with one attached hydrogen (secondary N) is 2. The van der Waals surface area contributed by atoms with Crippen molar-refractivity contribution >= 4 is 44.9 Å². The van der Waals surface area contributed by atoms with Gasteiger partial charge in [-0.05, 0) is 55.9 Å². The van der Waals surface area contributed by atoms with Crippen molar-refractivity contribution in [1.82, 2.24) is 10.6 Å². The maximum atomic E-state index is 12.0. The second kappa shape index (κ2) is 5.19. The molecule has 2 heterocycles. The molecule has 3 rings (SSSR count). The summed E-state index contributed by atoms with van der Waals surface area (Å²) < 4.78 is 1.02. The Morgan fingerprint density at radius 3 is 2.79 bits per heavy atom. The minimum atomic E-state index is -0.0379. The molecule has 0 spiro atoms. The SMILES string of the molecule is O=C1NC(=S)N(c2ccc(Br)cc2)C2NCCCC12. The minimum Gasteiger partial charge on any atom is -0.302 e. The highest BCUT2D eigenvalue weighted by atomic mass is 79.9. The third-order valence-corrected chi connectivity index (χ3v) is 4.42. The quantitative estimate of drug-likeness (QED) is 0.768. The molecule has 2 N–H and O–H groups in total. The number of carbonyl (C=O) groups excluding carboxylic acids is 1. The van der Waals surface area contributed by atoms with Crippen molar-refractivity contribution in [3.8, 4) is 0 Å². The lowest BCUT2D eigenvalue weighted by Crippen LogP contribution is -2.66. The molecule has 0 bridgehead atoms. The van der Waals surface area contributed by atoms with Crippen LogP contribution in [-0.2, 0) is 4.79 Å². The Hall–Kier alpha value is -0.980. The van der Waals surface area contributed by atoms with Gasteiger partial charge < -0.3 is 10.2 Å². The van der Waals surface area contributed by atoms with E-state index in [-0.39, 0.29) is 18.0 Å². The Morgan fingerprint density at radius 2 is 2.05 bits per heavy atom. The van der Waals surface area contributed by atoms with Gasteiger partial charge in [0, 0.05) is 10.2 Å². The number of anilines is 1. The van der Waals surface area contributed by atoms with Crippen molar-refractivity contribution in [3.05, 3.63) is 28.7 Å². The van der Waals surface area contributed by atoms with Gasteiger partial charge in [0.2, 0.25) is 5.91 Å². The van der Waals surface area contributed by atoms with Crippen molar-refractivity contribution in [2.45, 2.75) is 19.0 Å². The lowest BCUT2D eigenvalue weighted by atomic mass is 9.92. The van der Waals surface area contributed by atoms with Crippen LogP contribution in [0.3, 0.4) is 0 Å². The summed E-state index contributed by atoms with van der Waals surface area (Å²) in [5, 5.41) is 6.69. The van der Waals surface area contributed by atoms with E-state index in [1.165, 1.54) is 0 Å². The van der Waals surface area contributed by atoms with Crippen LogP contribution in [-0.4, -0.2) is 23.7 Å². The summed E-state index contributed by atoms with van der Waals surface area (Å²) >= 11 is 8.76. The molecule has 2 unspecified atom stereocenters. The smallest absolute Gasteiger partial charge is 0.232 e. The van der Waals surface area contributed by atoms with Crippen LogP contribution in [0.15, 0.2) is 28.7 Å². The van der Waals surface area contributed by atoms with Gasteiger partial charge >= 0.3 is 0 Å². The molecule has 1 aromatic rings.